The van der Waals surface area contributed by atoms with Crippen LogP contribution in [0.3, 0.4) is 0 Å². The molecular weight excluding hydrogens is 216 g/mol. The fraction of sp³-hybridized carbons (Fsp3) is 0.667. The first kappa shape index (κ1) is 13.5. The average Bonchev–Trinajstić information content (AvgIpc) is 2.57. The first-order valence-electron chi connectivity index (χ1n) is 5.90. The third-order valence-corrected chi connectivity index (χ3v) is 2.71. The summed E-state index contributed by atoms with van der Waals surface area (Å²) in [5.74, 6) is 1.27. The molecule has 1 aromatic heterocycles. The standard InChI is InChI=1S/C12H22N4O/c1-8(2)14-10-7-13-11(16(10)6)12(17)15(5)9(3)4/h7-9,14H,1-6H3. The molecule has 5 heteroatoms. The van der Waals surface area contributed by atoms with Crippen LogP contribution in [-0.4, -0.2) is 39.5 Å². The lowest BCUT2D eigenvalue weighted by atomic mass is 10.3. The summed E-state index contributed by atoms with van der Waals surface area (Å²) in [5.41, 5.74) is 0. The second kappa shape index (κ2) is 5.21. The largest absolute Gasteiger partial charge is 0.368 e. The highest BCUT2D eigenvalue weighted by Crippen LogP contribution is 2.12. The highest BCUT2D eigenvalue weighted by atomic mass is 16.2. The van der Waals surface area contributed by atoms with Crippen molar-refractivity contribution in [3.63, 3.8) is 0 Å². The van der Waals surface area contributed by atoms with E-state index < -0.39 is 0 Å². The van der Waals surface area contributed by atoms with Gasteiger partial charge in [-0.2, -0.15) is 0 Å². The van der Waals surface area contributed by atoms with E-state index >= 15 is 0 Å². The zero-order valence-corrected chi connectivity index (χ0v) is 11.5. The van der Waals surface area contributed by atoms with Crippen molar-refractivity contribution in [3.05, 3.63) is 12.0 Å². The Morgan fingerprint density at radius 1 is 1.41 bits per heavy atom. The van der Waals surface area contributed by atoms with Crippen molar-refractivity contribution in [3.8, 4) is 0 Å². The van der Waals surface area contributed by atoms with Crippen molar-refractivity contribution in [1.29, 1.82) is 0 Å². The maximum atomic E-state index is 12.1. The Morgan fingerprint density at radius 2 is 2.00 bits per heavy atom. The minimum absolute atomic E-state index is 0.0562. The van der Waals surface area contributed by atoms with Crippen LogP contribution in [0, 0.1) is 0 Å². The van der Waals surface area contributed by atoms with Gasteiger partial charge in [0.1, 0.15) is 5.82 Å². The lowest BCUT2D eigenvalue weighted by Gasteiger charge is -2.21. The van der Waals surface area contributed by atoms with Gasteiger partial charge >= 0.3 is 0 Å². The molecule has 0 unspecified atom stereocenters. The number of hydrogen-bond donors (Lipinski definition) is 1. The van der Waals surface area contributed by atoms with Gasteiger partial charge < -0.3 is 14.8 Å². The van der Waals surface area contributed by atoms with Crippen LogP contribution >= 0.6 is 0 Å². The molecule has 1 heterocycles. The zero-order valence-electron chi connectivity index (χ0n) is 11.5. The van der Waals surface area contributed by atoms with Crippen LogP contribution in [0.25, 0.3) is 0 Å². The Kier molecular flexibility index (Phi) is 4.15. The second-order valence-electron chi connectivity index (χ2n) is 4.83. The van der Waals surface area contributed by atoms with Gasteiger partial charge in [-0.3, -0.25) is 4.79 Å². The molecule has 0 spiro atoms. The number of rotatable bonds is 4. The van der Waals surface area contributed by atoms with Gasteiger partial charge in [0.15, 0.2) is 0 Å². The quantitative estimate of drug-likeness (QED) is 0.869. The first-order valence-corrected chi connectivity index (χ1v) is 5.90. The van der Waals surface area contributed by atoms with Gasteiger partial charge in [0, 0.05) is 26.2 Å². The minimum atomic E-state index is -0.0562. The highest BCUT2D eigenvalue weighted by Gasteiger charge is 2.20. The molecule has 0 aliphatic rings. The normalized spacial score (nSPS) is 11.1. The number of carbonyl (C=O) groups excluding carboxylic acids is 1. The van der Waals surface area contributed by atoms with E-state index in [1.54, 1.807) is 22.7 Å². The van der Waals surface area contributed by atoms with Gasteiger partial charge in [-0.25, -0.2) is 4.98 Å². The Morgan fingerprint density at radius 3 is 2.47 bits per heavy atom. The predicted octanol–water partition coefficient (Wildman–Crippen LogP) is 1.72. The number of imidazole rings is 1. The average molecular weight is 238 g/mol. The van der Waals surface area contributed by atoms with E-state index in [1.807, 2.05) is 20.9 Å². The molecule has 1 aromatic rings. The summed E-state index contributed by atoms with van der Waals surface area (Å²) in [5, 5.41) is 3.25. The summed E-state index contributed by atoms with van der Waals surface area (Å²) in [6.07, 6.45) is 1.70. The highest BCUT2D eigenvalue weighted by molar-refractivity contribution is 5.91. The summed E-state index contributed by atoms with van der Waals surface area (Å²) in [6.45, 7) is 8.06. The molecule has 0 aliphatic heterocycles. The molecule has 1 N–H and O–H groups in total. The third kappa shape index (κ3) is 2.99. The van der Waals surface area contributed by atoms with Crippen LogP contribution < -0.4 is 5.32 Å². The van der Waals surface area contributed by atoms with Crippen molar-refractivity contribution in [2.45, 2.75) is 39.8 Å². The number of aromatic nitrogens is 2. The van der Waals surface area contributed by atoms with Gasteiger partial charge in [-0.15, -0.1) is 0 Å². The summed E-state index contributed by atoms with van der Waals surface area (Å²) < 4.78 is 1.79. The molecular formula is C12H22N4O. The molecule has 0 aromatic carbocycles. The summed E-state index contributed by atoms with van der Waals surface area (Å²) in [7, 11) is 3.64. The summed E-state index contributed by atoms with van der Waals surface area (Å²) in [4.78, 5) is 18.0. The number of carbonyl (C=O) groups is 1. The van der Waals surface area contributed by atoms with Crippen LogP contribution in [0.5, 0.6) is 0 Å². The molecule has 0 radical (unpaired) electrons. The Balaban J connectivity index is 2.93. The van der Waals surface area contributed by atoms with Crippen molar-refractivity contribution >= 4 is 11.7 Å². The van der Waals surface area contributed by atoms with Crippen molar-refractivity contribution in [2.24, 2.45) is 7.05 Å². The van der Waals surface area contributed by atoms with E-state index in [2.05, 4.69) is 24.1 Å². The van der Waals surface area contributed by atoms with Crippen molar-refractivity contribution in [2.75, 3.05) is 12.4 Å². The number of amides is 1. The monoisotopic (exact) mass is 238 g/mol. The maximum absolute atomic E-state index is 12.1. The molecule has 1 rings (SSSR count). The number of hydrogen-bond acceptors (Lipinski definition) is 3. The zero-order chi connectivity index (χ0) is 13.2. The topological polar surface area (TPSA) is 50.2 Å². The van der Waals surface area contributed by atoms with Gasteiger partial charge in [0.05, 0.1) is 6.20 Å². The van der Waals surface area contributed by atoms with Crippen LogP contribution in [0.2, 0.25) is 0 Å². The lowest BCUT2D eigenvalue weighted by molar-refractivity contribution is 0.0739. The van der Waals surface area contributed by atoms with E-state index in [1.165, 1.54) is 0 Å². The predicted molar refractivity (Wildman–Crippen MR) is 69.2 cm³/mol. The Bertz CT molecular complexity index is 395. The fourth-order valence-electron chi connectivity index (χ4n) is 1.43. The van der Waals surface area contributed by atoms with Crippen molar-refractivity contribution < 1.29 is 4.79 Å². The smallest absolute Gasteiger partial charge is 0.289 e. The van der Waals surface area contributed by atoms with Gasteiger partial charge in [0.2, 0.25) is 5.82 Å². The van der Waals surface area contributed by atoms with E-state index in [-0.39, 0.29) is 11.9 Å². The summed E-state index contributed by atoms with van der Waals surface area (Å²) >= 11 is 0. The van der Waals surface area contributed by atoms with E-state index in [0.717, 1.165) is 5.82 Å². The Labute approximate surface area is 103 Å². The second-order valence-corrected chi connectivity index (χ2v) is 4.83. The minimum Gasteiger partial charge on any atom is -0.368 e. The number of nitrogens with zero attached hydrogens (tertiary/aromatic N) is 3. The molecule has 96 valence electrons. The van der Waals surface area contributed by atoms with E-state index in [0.29, 0.717) is 11.9 Å². The van der Waals surface area contributed by atoms with Gasteiger partial charge in [-0.1, -0.05) is 0 Å². The lowest BCUT2D eigenvalue weighted by Crippen LogP contribution is -2.34. The molecule has 0 aliphatic carbocycles. The molecule has 5 nitrogen and oxygen atoms in total. The van der Waals surface area contributed by atoms with Crippen LogP contribution in [0.1, 0.15) is 38.3 Å². The number of anilines is 1. The fourth-order valence-corrected chi connectivity index (χ4v) is 1.43. The molecule has 17 heavy (non-hydrogen) atoms. The molecule has 1 amide bonds. The molecule has 0 fully saturated rings. The molecule has 0 saturated heterocycles. The van der Waals surface area contributed by atoms with E-state index in [4.69, 9.17) is 0 Å². The molecule has 0 atom stereocenters. The number of nitrogens with one attached hydrogen (secondary N) is 1. The van der Waals surface area contributed by atoms with Crippen LogP contribution in [0.4, 0.5) is 5.82 Å². The molecule has 0 saturated carbocycles. The SMILES string of the molecule is CC(C)Nc1cnc(C(=O)N(C)C(C)C)n1C. The van der Waals surface area contributed by atoms with Crippen LogP contribution in [-0.2, 0) is 7.05 Å². The van der Waals surface area contributed by atoms with Crippen molar-refractivity contribution in [1.82, 2.24) is 14.5 Å². The third-order valence-electron chi connectivity index (χ3n) is 2.71. The Hall–Kier alpha value is -1.52. The molecule has 0 bridgehead atoms. The summed E-state index contributed by atoms with van der Waals surface area (Å²) in [6, 6.07) is 0.483. The maximum Gasteiger partial charge on any atom is 0.289 e. The first-order chi connectivity index (χ1) is 7.84. The van der Waals surface area contributed by atoms with Gasteiger partial charge in [-0.05, 0) is 27.7 Å². The van der Waals surface area contributed by atoms with Gasteiger partial charge in [0.25, 0.3) is 5.91 Å². The van der Waals surface area contributed by atoms with E-state index in [9.17, 15) is 4.79 Å². The van der Waals surface area contributed by atoms with Crippen LogP contribution in [0.15, 0.2) is 6.20 Å².